The summed E-state index contributed by atoms with van der Waals surface area (Å²) in [5.74, 6) is 0. The quantitative estimate of drug-likeness (QED) is 0.843. The van der Waals surface area contributed by atoms with Crippen LogP contribution < -0.4 is 0 Å². The van der Waals surface area contributed by atoms with Crippen LogP contribution in [0.1, 0.15) is 22.8 Å². The van der Waals surface area contributed by atoms with Gasteiger partial charge in [-0.25, -0.2) is 0 Å². The lowest BCUT2D eigenvalue weighted by Crippen LogP contribution is -2.20. The molecule has 0 bridgehead atoms. The minimum atomic E-state index is -4.46. The number of hydrogen-bond acceptors (Lipinski definition) is 2. The molecule has 96 valence electrons. The summed E-state index contributed by atoms with van der Waals surface area (Å²) >= 11 is 2.96. The van der Waals surface area contributed by atoms with Crippen molar-refractivity contribution in [1.82, 2.24) is 0 Å². The molecule has 6 heteroatoms. The van der Waals surface area contributed by atoms with Gasteiger partial charge in [-0.15, -0.1) is 0 Å². The Hall–Kier alpha value is -0.590. The summed E-state index contributed by atoms with van der Waals surface area (Å²) in [5, 5.41) is 19.1. The molecule has 2 unspecified atom stereocenters. The van der Waals surface area contributed by atoms with E-state index in [1.807, 2.05) is 0 Å². The Morgan fingerprint density at radius 1 is 1.24 bits per heavy atom. The number of benzene rings is 1. The van der Waals surface area contributed by atoms with E-state index in [0.29, 0.717) is 5.56 Å². The molecular formula is C11H12BrF3O2. The highest BCUT2D eigenvalue weighted by Gasteiger charge is 2.32. The van der Waals surface area contributed by atoms with Gasteiger partial charge in [-0.3, -0.25) is 0 Å². The Labute approximate surface area is 105 Å². The predicted molar refractivity (Wildman–Crippen MR) is 60.9 cm³/mol. The maximum Gasteiger partial charge on any atom is 0.416 e. The minimum Gasteiger partial charge on any atom is -0.389 e. The Balaban J connectivity index is 3.14. The average Bonchev–Trinajstić information content (AvgIpc) is 2.25. The molecule has 0 aromatic heterocycles. The van der Waals surface area contributed by atoms with Crippen molar-refractivity contribution in [3.63, 3.8) is 0 Å². The number of aliphatic hydroxyl groups excluding tert-OH is 2. The van der Waals surface area contributed by atoms with Crippen molar-refractivity contribution in [3.8, 4) is 0 Å². The zero-order valence-corrected chi connectivity index (χ0v) is 10.6. The van der Waals surface area contributed by atoms with Gasteiger partial charge in [-0.05, 0) is 24.6 Å². The topological polar surface area (TPSA) is 40.5 Å². The lowest BCUT2D eigenvalue weighted by molar-refractivity contribution is -0.137. The molecular weight excluding hydrogens is 301 g/mol. The van der Waals surface area contributed by atoms with E-state index in [1.54, 1.807) is 0 Å². The van der Waals surface area contributed by atoms with E-state index in [-0.39, 0.29) is 10.9 Å². The molecule has 0 aliphatic carbocycles. The van der Waals surface area contributed by atoms with Crippen molar-refractivity contribution in [2.75, 3.05) is 5.33 Å². The highest BCUT2D eigenvalue weighted by atomic mass is 79.9. The summed E-state index contributed by atoms with van der Waals surface area (Å²) in [7, 11) is 0. The van der Waals surface area contributed by atoms with Crippen molar-refractivity contribution < 1.29 is 23.4 Å². The van der Waals surface area contributed by atoms with Gasteiger partial charge in [0.25, 0.3) is 0 Å². The summed E-state index contributed by atoms with van der Waals surface area (Å²) < 4.78 is 37.6. The Bertz CT molecular complexity index is 393. The molecule has 2 atom stereocenters. The lowest BCUT2D eigenvalue weighted by Gasteiger charge is -2.18. The standard InChI is InChI=1S/C11H12BrF3O2/c1-6-2-7(10(17)9(16)5-12)4-8(3-6)11(13,14)15/h2-4,9-10,16-17H,5H2,1H3. The van der Waals surface area contributed by atoms with Crippen LogP contribution in [0.25, 0.3) is 0 Å². The van der Waals surface area contributed by atoms with Crippen molar-refractivity contribution in [1.29, 1.82) is 0 Å². The molecule has 0 amide bonds. The van der Waals surface area contributed by atoms with Crippen LogP contribution in [0.4, 0.5) is 13.2 Å². The second kappa shape index (κ2) is 5.37. The van der Waals surface area contributed by atoms with Gasteiger partial charge in [0.2, 0.25) is 0 Å². The summed E-state index contributed by atoms with van der Waals surface area (Å²) in [4.78, 5) is 0. The van der Waals surface area contributed by atoms with E-state index in [2.05, 4.69) is 15.9 Å². The van der Waals surface area contributed by atoms with Gasteiger partial charge in [-0.2, -0.15) is 13.2 Å². The molecule has 17 heavy (non-hydrogen) atoms. The van der Waals surface area contributed by atoms with Crippen LogP contribution in [-0.4, -0.2) is 21.6 Å². The normalized spacial score (nSPS) is 15.7. The van der Waals surface area contributed by atoms with Crippen LogP contribution in [0.3, 0.4) is 0 Å². The van der Waals surface area contributed by atoms with E-state index in [1.165, 1.54) is 13.0 Å². The van der Waals surface area contributed by atoms with Gasteiger partial charge in [0.05, 0.1) is 11.7 Å². The largest absolute Gasteiger partial charge is 0.416 e. The van der Waals surface area contributed by atoms with Crippen molar-refractivity contribution in [2.45, 2.75) is 25.3 Å². The van der Waals surface area contributed by atoms with Crippen molar-refractivity contribution in [3.05, 3.63) is 34.9 Å². The molecule has 0 saturated carbocycles. The fourth-order valence-electron chi connectivity index (χ4n) is 1.45. The zero-order valence-electron chi connectivity index (χ0n) is 9.00. The molecule has 0 saturated heterocycles. The fraction of sp³-hybridized carbons (Fsp3) is 0.455. The molecule has 2 nitrogen and oxygen atoms in total. The summed E-state index contributed by atoms with van der Waals surface area (Å²) in [5.41, 5.74) is -0.381. The molecule has 0 heterocycles. The molecule has 0 fully saturated rings. The van der Waals surface area contributed by atoms with Crippen LogP contribution in [0.15, 0.2) is 18.2 Å². The third-order valence-electron chi connectivity index (χ3n) is 2.29. The SMILES string of the molecule is Cc1cc(C(O)C(O)CBr)cc(C(F)(F)F)c1. The van der Waals surface area contributed by atoms with Gasteiger partial charge in [0, 0.05) is 5.33 Å². The van der Waals surface area contributed by atoms with E-state index in [9.17, 15) is 23.4 Å². The van der Waals surface area contributed by atoms with Crippen LogP contribution >= 0.6 is 15.9 Å². The van der Waals surface area contributed by atoms with Gasteiger partial charge < -0.3 is 10.2 Å². The molecule has 0 spiro atoms. The Morgan fingerprint density at radius 2 is 1.82 bits per heavy atom. The highest BCUT2D eigenvalue weighted by molar-refractivity contribution is 9.09. The number of rotatable bonds is 3. The number of hydrogen-bond donors (Lipinski definition) is 2. The molecule has 1 aromatic rings. The summed E-state index contributed by atoms with van der Waals surface area (Å²) in [6.07, 6.45) is -6.94. The van der Waals surface area contributed by atoms with Gasteiger partial charge in [0.15, 0.2) is 0 Å². The minimum absolute atomic E-state index is 0.0595. The average molecular weight is 313 g/mol. The molecule has 2 N–H and O–H groups in total. The third-order valence-corrected chi connectivity index (χ3v) is 2.95. The van der Waals surface area contributed by atoms with Crippen LogP contribution in [-0.2, 0) is 6.18 Å². The Kier molecular flexibility index (Phi) is 4.57. The fourth-order valence-corrected chi connectivity index (χ4v) is 1.81. The Morgan fingerprint density at radius 3 is 2.29 bits per heavy atom. The van der Waals surface area contributed by atoms with E-state index < -0.39 is 23.9 Å². The first-order valence-corrected chi connectivity index (χ1v) is 5.98. The van der Waals surface area contributed by atoms with E-state index >= 15 is 0 Å². The monoisotopic (exact) mass is 312 g/mol. The van der Waals surface area contributed by atoms with E-state index in [4.69, 9.17) is 0 Å². The second-order valence-electron chi connectivity index (χ2n) is 3.80. The van der Waals surface area contributed by atoms with Crippen molar-refractivity contribution >= 4 is 15.9 Å². The first-order valence-electron chi connectivity index (χ1n) is 4.86. The van der Waals surface area contributed by atoms with Crippen LogP contribution in [0.2, 0.25) is 0 Å². The highest BCUT2D eigenvalue weighted by Crippen LogP contribution is 2.32. The van der Waals surface area contributed by atoms with Crippen LogP contribution in [0, 0.1) is 6.92 Å². The number of halogens is 4. The van der Waals surface area contributed by atoms with Gasteiger partial charge in [-0.1, -0.05) is 27.6 Å². The summed E-state index contributed by atoms with van der Waals surface area (Å²) in [6.45, 7) is 1.51. The number of aliphatic hydroxyl groups is 2. The summed E-state index contributed by atoms with van der Waals surface area (Å²) in [6, 6.07) is 3.27. The second-order valence-corrected chi connectivity index (χ2v) is 4.44. The first-order chi connectivity index (χ1) is 7.75. The number of aryl methyl sites for hydroxylation is 1. The molecule has 1 aromatic carbocycles. The zero-order chi connectivity index (χ0) is 13.2. The maximum absolute atomic E-state index is 12.5. The maximum atomic E-state index is 12.5. The molecule has 1 rings (SSSR count). The molecule has 0 radical (unpaired) electrons. The van der Waals surface area contributed by atoms with Gasteiger partial charge >= 0.3 is 6.18 Å². The number of alkyl halides is 4. The lowest BCUT2D eigenvalue weighted by atomic mass is 10.00. The smallest absolute Gasteiger partial charge is 0.389 e. The molecule has 0 aliphatic rings. The third kappa shape index (κ3) is 3.69. The van der Waals surface area contributed by atoms with Crippen LogP contribution in [0.5, 0.6) is 0 Å². The van der Waals surface area contributed by atoms with Gasteiger partial charge in [0.1, 0.15) is 6.10 Å². The predicted octanol–water partition coefficient (Wildman–Crippen LogP) is 2.80. The van der Waals surface area contributed by atoms with Crippen molar-refractivity contribution in [2.24, 2.45) is 0 Å². The van der Waals surface area contributed by atoms with E-state index in [0.717, 1.165) is 12.1 Å². The molecule has 0 aliphatic heterocycles. The first kappa shape index (κ1) is 14.5.